The van der Waals surface area contributed by atoms with Gasteiger partial charge >= 0.3 is 6.36 Å². The molecule has 8 nitrogen and oxygen atoms in total. The number of rotatable bonds is 6. The first-order chi connectivity index (χ1) is 13.7. The van der Waals surface area contributed by atoms with Crippen molar-refractivity contribution in [1.29, 1.82) is 0 Å². The predicted molar refractivity (Wildman–Crippen MR) is 95.7 cm³/mol. The summed E-state index contributed by atoms with van der Waals surface area (Å²) in [6, 6.07) is 5.99. The van der Waals surface area contributed by atoms with Gasteiger partial charge in [-0.3, -0.25) is 9.89 Å². The van der Waals surface area contributed by atoms with E-state index in [4.69, 9.17) is 5.11 Å². The molecular formula is C18H16F3N5O3. The predicted octanol–water partition coefficient (Wildman–Crippen LogP) is 2.54. The number of aromatic nitrogens is 4. The molecule has 11 heteroatoms. The summed E-state index contributed by atoms with van der Waals surface area (Å²) >= 11 is 0. The van der Waals surface area contributed by atoms with E-state index in [1.54, 1.807) is 6.92 Å². The zero-order valence-electron chi connectivity index (χ0n) is 15.1. The van der Waals surface area contributed by atoms with Crippen molar-refractivity contribution < 1.29 is 27.8 Å². The maximum atomic E-state index is 12.4. The van der Waals surface area contributed by atoms with Gasteiger partial charge < -0.3 is 15.2 Å². The largest absolute Gasteiger partial charge is 0.573 e. The Morgan fingerprint density at radius 3 is 2.55 bits per heavy atom. The van der Waals surface area contributed by atoms with Crippen molar-refractivity contribution in [1.82, 2.24) is 25.5 Å². The van der Waals surface area contributed by atoms with Crippen LogP contribution in [-0.2, 0) is 0 Å². The van der Waals surface area contributed by atoms with E-state index >= 15 is 0 Å². The van der Waals surface area contributed by atoms with Crippen molar-refractivity contribution in [2.45, 2.75) is 19.3 Å². The Bertz CT molecular complexity index is 975. The third kappa shape index (κ3) is 5.29. The van der Waals surface area contributed by atoms with Gasteiger partial charge in [0.25, 0.3) is 5.91 Å². The van der Waals surface area contributed by atoms with Crippen LogP contribution in [0.2, 0.25) is 0 Å². The normalized spacial score (nSPS) is 12.4. The van der Waals surface area contributed by atoms with E-state index < -0.39 is 18.3 Å². The molecule has 0 spiro atoms. The fraction of sp³-hybridized carbons (Fsp3) is 0.222. The Hall–Kier alpha value is -3.47. The third-order valence-electron chi connectivity index (χ3n) is 3.75. The highest BCUT2D eigenvalue weighted by molar-refractivity contribution is 5.94. The van der Waals surface area contributed by atoms with Crippen LogP contribution in [0.4, 0.5) is 13.2 Å². The molecule has 2 heterocycles. The molecule has 0 fully saturated rings. The van der Waals surface area contributed by atoms with Crippen molar-refractivity contribution in [2.24, 2.45) is 0 Å². The summed E-state index contributed by atoms with van der Waals surface area (Å²) in [5.74, 6) is -0.703. The number of ether oxygens (including phenoxy) is 1. The number of aliphatic hydroxyl groups is 1. The van der Waals surface area contributed by atoms with Crippen LogP contribution in [0.1, 0.15) is 17.4 Å². The van der Waals surface area contributed by atoms with Crippen LogP contribution in [0.25, 0.3) is 22.6 Å². The average molecular weight is 407 g/mol. The van der Waals surface area contributed by atoms with E-state index in [9.17, 15) is 18.0 Å². The van der Waals surface area contributed by atoms with E-state index in [1.165, 1.54) is 30.6 Å². The number of alkyl halides is 3. The second-order valence-corrected chi connectivity index (χ2v) is 6.08. The standard InChI is InChI=1S/C18H16F3N5O3/c1-10(9-27)24-17(28)15-6-14(25-16(26-15)12-7-22-23-8-12)11-2-4-13(5-3-11)29-18(19,20)21/h2-8,10,27H,9H2,1H3,(H,22,23)(H,24,28)/t10-/m0/s1. The SMILES string of the molecule is C[C@@H](CO)NC(=O)c1cc(-c2ccc(OC(F)(F)F)cc2)nc(-c2cn[nH]c2)n1. The molecule has 0 radical (unpaired) electrons. The molecule has 0 saturated heterocycles. The molecule has 0 saturated carbocycles. The first-order valence-corrected chi connectivity index (χ1v) is 8.41. The Kier molecular flexibility index (Phi) is 5.78. The van der Waals surface area contributed by atoms with Crippen LogP contribution in [0.5, 0.6) is 5.75 Å². The van der Waals surface area contributed by atoms with Gasteiger partial charge in [-0.1, -0.05) is 0 Å². The second-order valence-electron chi connectivity index (χ2n) is 6.08. The molecule has 0 aliphatic carbocycles. The van der Waals surface area contributed by atoms with Crippen LogP contribution in [0, 0.1) is 0 Å². The lowest BCUT2D eigenvalue weighted by Gasteiger charge is -2.12. The minimum atomic E-state index is -4.79. The Morgan fingerprint density at radius 1 is 1.24 bits per heavy atom. The van der Waals surface area contributed by atoms with Gasteiger partial charge in [-0.25, -0.2) is 9.97 Å². The van der Waals surface area contributed by atoms with Crippen LogP contribution >= 0.6 is 0 Å². The molecule has 2 aromatic heterocycles. The second kappa shape index (κ2) is 8.27. The number of nitrogens with zero attached hydrogens (tertiary/aromatic N) is 3. The van der Waals surface area contributed by atoms with Crippen molar-refractivity contribution >= 4 is 5.91 Å². The number of carbonyl (C=O) groups excluding carboxylic acids is 1. The van der Waals surface area contributed by atoms with Gasteiger partial charge in [-0.2, -0.15) is 5.10 Å². The molecule has 1 amide bonds. The van der Waals surface area contributed by atoms with Crippen LogP contribution in [-0.4, -0.2) is 50.2 Å². The number of nitrogens with one attached hydrogen (secondary N) is 2. The fourth-order valence-corrected chi connectivity index (χ4v) is 2.38. The zero-order chi connectivity index (χ0) is 21.0. The molecule has 1 aromatic carbocycles. The molecule has 1 atom stereocenters. The highest BCUT2D eigenvalue weighted by Crippen LogP contribution is 2.27. The van der Waals surface area contributed by atoms with Gasteiger partial charge in [0.15, 0.2) is 5.82 Å². The maximum Gasteiger partial charge on any atom is 0.573 e. The van der Waals surface area contributed by atoms with Crippen LogP contribution in [0.3, 0.4) is 0 Å². The average Bonchev–Trinajstić information content (AvgIpc) is 3.21. The molecule has 3 aromatic rings. The van der Waals surface area contributed by atoms with Crippen molar-refractivity contribution in [3.63, 3.8) is 0 Å². The van der Waals surface area contributed by atoms with Gasteiger partial charge in [0, 0.05) is 17.8 Å². The van der Waals surface area contributed by atoms with Crippen LogP contribution < -0.4 is 10.1 Å². The van der Waals surface area contributed by atoms with Crippen molar-refractivity contribution in [3.8, 4) is 28.4 Å². The number of benzene rings is 1. The van der Waals surface area contributed by atoms with Gasteiger partial charge in [0.05, 0.1) is 24.1 Å². The number of aliphatic hydroxyl groups excluding tert-OH is 1. The fourth-order valence-electron chi connectivity index (χ4n) is 2.38. The summed E-state index contributed by atoms with van der Waals surface area (Å²) in [7, 11) is 0. The van der Waals surface area contributed by atoms with E-state index in [0.717, 1.165) is 12.1 Å². The van der Waals surface area contributed by atoms with Crippen molar-refractivity contribution in [2.75, 3.05) is 6.61 Å². The minimum Gasteiger partial charge on any atom is -0.406 e. The smallest absolute Gasteiger partial charge is 0.406 e. The van der Waals surface area contributed by atoms with E-state index in [-0.39, 0.29) is 23.9 Å². The summed E-state index contributed by atoms with van der Waals surface area (Å²) in [5.41, 5.74) is 1.32. The number of halogens is 3. The Labute approximate surface area is 162 Å². The first kappa shape index (κ1) is 20.3. The summed E-state index contributed by atoms with van der Waals surface area (Å²) < 4.78 is 40.9. The zero-order valence-corrected chi connectivity index (χ0v) is 15.1. The molecular weight excluding hydrogens is 391 g/mol. The number of aromatic amines is 1. The molecule has 3 rings (SSSR count). The van der Waals surface area contributed by atoms with Gasteiger partial charge in [-0.15, -0.1) is 13.2 Å². The van der Waals surface area contributed by atoms with Crippen molar-refractivity contribution in [3.05, 3.63) is 48.4 Å². The number of carbonyl (C=O) groups is 1. The minimum absolute atomic E-state index is 0.0297. The van der Waals surface area contributed by atoms with E-state index in [1.807, 2.05) is 0 Å². The quantitative estimate of drug-likeness (QED) is 0.579. The molecule has 3 N–H and O–H groups in total. The number of hydrogen-bond acceptors (Lipinski definition) is 6. The number of amides is 1. The highest BCUT2D eigenvalue weighted by Gasteiger charge is 2.31. The maximum absolute atomic E-state index is 12.4. The molecule has 0 aliphatic heterocycles. The first-order valence-electron chi connectivity index (χ1n) is 8.41. The highest BCUT2D eigenvalue weighted by atomic mass is 19.4. The van der Waals surface area contributed by atoms with Gasteiger partial charge in [0.2, 0.25) is 0 Å². The number of H-pyrrole nitrogens is 1. The van der Waals surface area contributed by atoms with Gasteiger partial charge in [-0.05, 0) is 37.3 Å². The summed E-state index contributed by atoms with van der Waals surface area (Å²) in [4.78, 5) is 21.0. The Balaban J connectivity index is 1.98. The summed E-state index contributed by atoms with van der Waals surface area (Å²) in [5, 5.41) is 18.1. The molecule has 0 unspecified atom stereocenters. The lowest BCUT2D eigenvalue weighted by atomic mass is 10.1. The lowest BCUT2D eigenvalue weighted by Crippen LogP contribution is -2.35. The summed E-state index contributed by atoms with van der Waals surface area (Å²) in [6.45, 7) is 1.37. The lowest BCUT2D eigenvalue weighted by molar-refractivity contribution is -0.274. The monoisotopic (exact) mass is 407 g/mol. The van der Waals surface area contributed by atoms with Gasteiger partial charge in [0.1, 0.15) is 11.4 Å². The Morgan fingerprint density at radius 2 is 1.97 bits per heavy atom. The molecule has 29 heavy (non-hydrogen) atoms. The van der Waals surface area contributed by atoms with E-state index in [2.05, 4.69) is 30.2 Å². The van der Waals surface area contributed by atoms with Crippen LogP contribution in [0.15, 0.2) is 42.7 Å². The third-order valence-corrected chi connectivity index (χ3v) is 3.75. The van der Waals surface area contributed by atoms with E-state index in [0.29, 0.717) is 16.8 Å². The number of hydrogen-bond donors (Lipinski definition) is 3. The molecule has 152 valence electrons. The summed E-state index contributed by atoms with van der Waals surface area (Å²) in [6.07, 6.45) is -1.78. The molecule has 0 aliphatic rings. The topological polar surface area (TPSA) is 113 Å². The molecule has 0 bridgehead atoms.